The van der Waals surface area contributed by atoms with Crippen molar-refractivity contribution in [1.82, 2.24) is 0 Å². The summed E-state index contributed by atoms with van der Waals surface area (Å²) in [5.41, 5.74) is 0. The van der Waals surface area contributed by atoms with Crippen LogP contribution in [0, 0.1) is 11.8 Å². The molecule has 1 rings (SSSR count). The number of carbonyl (C=O) groups excluding carboxylic acids is 2. The summed E-state index contributed by atoms with van der Waals surface area (Å²) in [7, 11) is 0. The van der Waals surface area contributed by atoms with E-state index >= 15 is 0 Å². The molecule has 0 aromatic carbocycles. The van der Waals surface area contributed by atoms with Gasteiger partial charge in [0.15, 0.2) is 0 Å². The zero-order valence-corrected chi connectivity index (χ0v) is 7.09. The summed E-state index contributed by atoms with van der Waals surface area (Å²) >= 11 is 0. The lowest BCUT2D eigenvalue weighted by atomic mass is 9.96. The van der Waals surface area contributed by atoms with Crippen molar-refractivity contribution < 1.29 is 9.59 Å². The Morgan fingerprint density at radius 3 is 2.36 bits per heavy atom. The Bertz CT molecular complexity index is 180. The normalized spacial score (nSPS) is 19.5. The molecule has 0 aromatic heterocycles. The molecule has 1 atom stereocenters. The molecule has 0 spiro atoms. The standard InChI is InChI=1S/C9H14O2/c1-3-8(10)6(2)9(11)7-4-5-7/h6-7H,3-5H2,1-2H3. The van der Waals surface area contributed by atoms with Gasteiger partial charge in [0.2, 0.25) is 0 Å². The number of hydrogen-bond acceptors (Lipinski definition) is 2. The summed E-state index contributed by atoms with van der Waals surface area (Å²) in [5.74, 6) is 0.131. The van der Waals surface area contributed by atoms with Crippen molar-refractivity contribution in [3.63, 3.8) is 0 Å². The first-order chi connectivity index (χ1) is 5.16. The quantitative estimate of drug-likeness (QED) is 0.576. The lowest BCUT2D eigenvalue weighted by Gasteiger charge is -2.05. The molecule has 2 nitrogen and oxygen atoms in total. The van der Waals surface area contributed by atoms with E-state index < -0.39 is 0 Å². The van der Waals surface area contributed by atoms with Crippen molar-refractivity contribution in [2.24, 2.45) is 11.8 Å². The number of Topliss-reactive ketones (excluding diaryl/α,β-unsaturated/α-hetero) is 2. The molecule has 62 valence electrons. The summed E-state index contributed by atoms with van der Waals surface area (Å²) in [5, 5.41) is 0. The zero-order chi connectivity index (χ0) is 8.43. The molecular weight excluding hydrogens is 140 g/mol. The van der Waals surface area contributed by atoms with E-state index in [9.17, 15) is 9.59 Å². The maximum atomic E-state index is 11.3. The summed E-state index contributed by atoms with van der Waals surface area (Å²) < 4.78 is 0. The van der Waals surface area contributed by atoms with Gasteiger partial charge < -0.3 is 0 Å². The molecule has 1 aliphatic rings. The molecule has 1 aliphatic carbocycles. The van der Waals surface area contributed by atoms with Crippen LogP contribution in [0.2, 0.25) is 0 Å². The Hall–Kier alpha value is -0.660. The summed E-state index contributed by atoms with van der Waals surface area (Å²) in [6.45, 7) is 3.53. The minimum absolute atomic E-state index is 0.0851. The van der Waals surface area contributed by atoms with Crippen molar-refractivity contribution >= 4 is 11.6 Å². The van der Waals surface area contributed by atoms with Crippen LogP contribution in [0.1, 0.15) is 33.1 Å². The molecule has 0 saturated heterocycles. The second-order valence-corrected chi connectivity index (χ2v) is 3.22. The first-order valence-corrected chi connectivity index (χ1v) is 4.23. The van der Waals surface area contributed by atoms with Crippen molar-refractivity contribution in [2.75, 3.05) is 0 Å². The van der Waals surface area contributed by atoms with Gasteiger partial charge in [-0.3, -0.25) is 9.59 Å². The third kappa shape index (κ3) is 1.88. The first kappa shape index (κ1) is 8.44. The van der Waals surface area contributed by atoms with Crippen LogP contribution < -0.4 is 0 Å². The van der Waals surface area contributed by atoms with Gasteiger partial charge in [-0.25, -0.2) is 0 Å². The molecule has 0 aliphatic heterocycles. The van der Waals surface area contributed by atoms with Crippen LogP contribution in [0.3, 0.4) is 0 Å². The molecular formula is C9H14O2. The van der Waals surface area contributed by atoms with E-state index in [2.05, 4.69) is 0 Å². The van der Waals surface area contributed by atoms with Crippen molar-refractivity contribution in [2.45, 2.75) is 33.1 Å². The first-order valence-electron chi connectivity index (χ1n) is 4.23. The molecule has 0 bridgehead atoms. The van der Waals surface area contributed by atoms with Crippen molar-refractivity contribution in [3.05, 3.63) is 0 Å². The predicted molar refractivity (Wildman–Crippen MR) is 42.2 cm³/mol. The summed E-state index contributed by atoms with van der Waals surface area (Å²) in [6, 6.07) is 0. The SMILES string of the molecule is CCC(=O)C(C)C(=O)C1CC1. The highest BCUT2D eigenvalue weighted by atomic mass is 16.2. The molecule has 2 heteroatoms. The second kappa shape index (κ2) is 3.16. The lowest BCUT2D eigenvalue weighted by molar-refractivity contribution is -0.132. The minimum atomic E-state index is -0.340. The Labute approximate surface area is 67.0 Å². The molecule has 0 radical (unpaired) electrons. The van der Waals surface area contributed by atoms with E-state index in [0.29, 0.717) is 6.42 Å². The Morgan fingerprint density at radius 1 is 1.45 bits per heavy atom. The van der Waals surface area contributed by atoms with Gasteiger partial charge in [-0.2, -0.15) is 0 Å². The Balaban J connectivity index is 2.44. The number of ketones is 2. The topological polar surface area (TPSA) is 34.1 Å². The highest BCUT2D eigenvalue weighted by Crippen LogP contribution is 2.32. The van der Waals surface area contributed by atoms with E-state index in [0.717, 1.165) is 12.8 Å². The molecule has 1 fully saturated rings. The molecule has 0 N–H and O–H groups in total. The fourth-order valence-corrected chi connectivity index (χ4v) is 1.19. The smallest absolute Gasteiger partial charge is 0.146 e. The van der Waals surface area contributed by atoms with Gasteiger partial charge in [-0.15, -0.1) is 0 Å². The van der Waals surface area contributed by atoms with E-state index in [1.54, 1.807) is 13.8 Å². The van der Waals surface area contributed by atoms with Crippen LogP contribution in [-0.4, -0.2) is 11.6 Å². The van der Waals surface area contributed by atoms with Gasteiger partial charge in [0.25, 0.3) is 0 Å². The predicted octanol–water partition coefficient (Wildman–Crippen LogP) is 1.58. The van der Waals surface area contributed by atoms with Gasteiger partial charge in [0, 0.05) is 12.3 Å². The van der Waals surface area contributed by atoms with Crippen molar-refractivity contribution in [1.29, 1.82) is 0 Å². The van der Waals surface area contributed by atoms with Gasteiger partial charge >= 0.3 is 0 Å². The maximum Gasteiger partial charge on any atom is 0.146 e. The molecule has 11 heavy (non-hydrogen) atoms. The number of carbonyl (C=O) groups is 2. The second-order valence-electron chi connectivity index (χ2n) is 3.22. The fourth-order valence-electron chi connectivity index (χ4n) is 1.19. The van der Waals surface area contributed by atoms with Crippen LogP contribution in [-0.2, 0) is 9.59 Å². The van der Waals surface area contributed by atoms with Crippen LogP contribution in [0.25, 0.3) is 0 Å². The molecule has 0 amide bonds. The third-order valence-electron chi connectivity index (χ3n) is 2.24. The number of hydrogen-bond donors (Lipinski definition) is 0. The Kier molecular flexibility index (Phi) is 2.42. The molecule has 1 saturated carbocycles. The molecule has 0 aromatic rings. The van der Waals surface area contributed by atoms with Crippen LogP contribution >= 0.6 is 0 Å². The van der Waals surface area contributed by atoms with Gasteiger partial charge in [0.1, 0.15) is 11.6 Å². The minimum Gasteiger partial charge on any atom is -0.299 e. The zero-order valence-electron chi connectivity index (χ0n) is 7.09. The molecule has 0 heterocycles. The number of rotatable bonds is 4. The largest absolute Gasteiger partial charge is 0.299 e. The monoisotopic (exact) mass is 154 g/mol. The van der Waals surface area contributed by atoms with E-state index in [4.69, 9.17) is 0 Å². The van der Waals surface area contributed by atoms with Crippen molar-refractivity contribution in [3.8, 4) is 0 Å². The van der Waals surface area contributed by atoms with Crippen LogP contribution in [0.15, 0.2) is 0 Å². The Morgan fingerprint density at radius 2 is 2.00 bits per heavy atom. The van der Waals surface area contributed by atoms with Gasteiger partial charge in [-0.1, -0.05) is 6.92 Å². The van der Waals surface area contributed by atoms with E-state index in [1.807, 2.05) is 0 Å². The average Bonchev–Trinajstić information content (AvgIpc) is 2.82. The molecule has 1 unspecified atom stereocenters. The third-order valence-corrected chi connectivity index (χ3v) is 2.24. The summed E-state index contributed by atoms with van der Waals surface area (Å²) in [4.78, 5) is 22.3. The fraction of sp³-hybridized carbons (Fsp3) is 0.778. The van der Waals surface area contributed by atoms with E-state index in [-0.39, 0.29) is 23.4 Å². The van der Waals surface area contributed by atoms with Crippen LogP contribution in [0.4, 0.5) is 0 Å². The summed E-state index contributed by atoms with van der Waals surface area (Å²) in [6.07, 6.45) is 2.49. The van der Waals surface area contributed by atoms with Gasteiger partial charge in [-0.05, 0) is 19.8 Å². The highest BCUT2D eigenvalue weighted by molar-refractivity contribution is 6.03. The van der Waals surface area contributed by atoms with Gasteiger partial charge in [0.05, 0.1) is 5.92 Å². The maximum absolute atomic E-state index is 11.3. The highest BCUT2D eigenvalue weighted by Gasteiger charge is 2.34. The average molecular weight is 154 g/mol. The van der Waals surface area contributed by atoms with E-state index in [1.165, 1.54) is 0 Å². The lowest BCUT2D eigenvalue weighted by Crippen LogP contribution is -2.21. The van der Waals surface area contributed by atoms with Crippen LogP contribution in [0.5, 0.6) is 0 Å².